The van der Waals surface area contributed by atoms with Crippen molar-refractivity contribution in [1.29, 1.82) is 0 Å². The number of nitrogens with one attached hydrogen (secondary N) is 1. The average molecular weight is 836 g/mol. The molecule has 8 nitrogen and oxygen atoms in total. The molecule has 0 aromatic rings. The number of hydrogen-bond donors (Lipinski definition) is 3. The van der Waals surface area contributed by atoms with Crippen LogP contribution in [0.3, 0.4) is 0 Å². The molecule has 0 aliphatic carbocycles. The zero-order valence-electron chi connectivity index (χ0n) is 38.3. The number of carbonyl (C=O) groups excluding carboxylic acids is 1. The van der Waals surface area contributed by atoms with Crippen molar-refractivity contribution in [2.24, 2.45) is 0 Å². The number of nitrogens with zero attached hydrogens (tertiary/aromatic N) is 1. The topological polar surface area (TPSA) is 105 Å². The number of phosphoric acid groups is 1. The Morgan fingerprint density at radius 2 is 1.00 bits per heavy atom. The standard InChI is InChI=1S/C49H91N2O6P/c1-6-8-10-12-14-16-18-20-21-22-23-24-25-26-27-28-29-31-33-35-37-39-41-43-49(53)50-47(46-57-58(54,55)56-45-44-51(3,4)5)48(52)42-40-38-36-34-32-30-19-17-15-13-11-9-7-2/h15,17,23-24,26-27,32,34,40,42,47-48,52H,6-14,16,18-22,25,28-31,33,35-39,41,43-46H2,1-5H3,(H-,50,53,54,55)/p+1/b17-15+,24-23-,27-26-,34-32+,42-40+. The van der Waals surface area contributed by atoms with Crippen molar-refractivity contribution in [3.8, 4) is 0 Å². The molecule has 3 unspecified atom stereocenters. The third kappa shape index (κ3) is 42.3. The van der Waals surface area contributed by atoms with E-state index in [0.717, 1.165) is 70.6 Å². The molecule has 3 N–H and O–H groups in total. The van der Waals surface area contributed by atoms with Gasteiger partial charge in [-0.15, -0.1) is 0 Å². The highest BCUT2D eigenvalue weighted by Crippen LogP contribution is 2.43. The van der Waals surface area contributed by atoms with Crippen LogP contribution in [0, 0.1) is 0 Å². The van der Waals surface area contributed by atoms with Gasteiger partial charge in [0.05, 0.1) is 39.9 Å². The van der Waals surface area contributed by atoms with E-state index in [9.17, 15) is 19.4 Å². The minimum Gasteiger partial charge on any atom is -0.387 e. The van der Waals surface area contributed by atoms with Gasteiger partial charge in [0, 0.05) is 6.42 Å². The molecular weight excluding hydrogens is 744 g/mol. The highest BCUT2D eigenvalue weighted by atomic mass is 31.2. The number of amides is 1. The van der Waals surface area contributed by atoms with E-state index >= 15 is 0 Å². The van der Waals surface area contributed by atoms with Gasteiger partial charge in [0.2, 0.25) is 5.91 Å². The second-order valence-corrected chi connectivity index (χ2v) is 18.6. The molecule has 0 saturated carbocycles. The lowest BCUT2D eigenvalue weighted by Crippen LogP contribution is -2.45. The molecule has 0 aliphatic rings. The molecule has 0 aromatic carbocycles. The maximum Gasteiger partial charge on any atom is 0.472 e. The largest absolute Gasteiger partial charge is 0.472 e. The monoisotopic (exact) mass is 836 g/mol. The van der Waals surface area contributed by atoms with Crippen LogP contribution in [0.4, 0.5) is 0 Å². The lowest BCUT2D eigenvalue weighted by atomic mass is 10.1. The number of aliphatic hydroxyl groups excluding tert-OH is 1. The summed E-state index contributed by atoms with van der Waals surface area (Å²) in [5.74, 6) is -0.202. The lowest BCUT2D eigenvalue weighted by Gasteiger charge is -2.25. The molecule has 0 spiro atoms. The number of allylic oxidation sites excluding steroid dienone is 9. The summed E-state index contributed by atoms with van der Waals surface area (Å²) in [6.07, 6.45) is 53.0. The molecule has 0 saturated heterocycles. The van der Waals surface area contributed by atoms with Crippen LogP contribution in [0.5, 0.6) is 0 Å². The molecule has 3 atom stereocenters. The normalized spacial score (nSPS) is 14.8. The predicted octanol–water partition coefficient (Wildman–Crippen LogP) is 13.4. The van der Waals surface area contributed by atoms with E-state index in [4.69, 9.17) is 9.05 Å². The molecule has 0 heterocycles. The first-order valence-electron chi connectivity index (χ1n) is 23.7. The van der Waals surface area contributed by atoms with Crippen molar-refractivity contribution in [1.82, 2.24) is 5.32 Å². The van der Waals surface area contributed by atoms with E-state index in [1.165, 1.54) is 103 Å². The van der Waals surface area contributed by atoms with E-state index in [0.29, 0.717) is 17.4 Å². The minimum atomic E-state index is -4.35. The fourth-order valence-electron chi connectivity index (χ4n) is 6.40. The summed E-state index contributed by atoms with van der Waals surface area (Å²) < 4.78 is 23.5. The Morgan fingerprint density at radius 3 is 1.52 bits per heavy atom. The Hall–Kier alpha value is -1.80. The van der Waals surface area contributed by atoms with Crippen LogP contribution in [-0.4, -0.2) is 73.4 Å². The first-order valence-corrected chi connectivity index (χ1v) is 25.2. The van der Waals surface area contributed by atoms with Crippen molar-refractivity contribution in [3.05, 3.63) is 60.8 Å². The highest BCUT2D eigenvalue weighted by Gasteiger charge is 2.27. The van der Waals surface area contributed by atoms with Gasteiger partial charge in [-0.3, -0.25) is 13.8 Å². The van der Waals surface area contributed by atoms with Gasteiger partial charge in [-0.05, 0) is 77.0 Å². The quantitative estimate of drug-likeness (QED) is 0.0245. The number of carbonyl (C=O) groups is 1. The van der Waals surface area contributed by atoms with Crippen LogP contribution in [0.25, 0.3) is 0 Å². The van der Waals surface area contributed by atoms with E-state index in [1.54, 1.807) is 6.08 Å². The zero-order chi connectivity index (χ0) is 42.8. The third-order valence-electron chi connectivity index (χ3n) is 10.2. The second kappa shape index (κ2) is 40.6. The molecule has 338 valence electrons. The van der Waals surface area contributed by atoms with Gasteiger partial charge in [-0.1, -0.05) is 171 Å². The van der Waals surface area contributed by atoms with Crippen LogP contribution < -0.4 is 5.32 Å². The Balaban J connectivity index is 4.37. The summed E-state index contributed by atoms with van der Waals surface area (Å²) in [5, 5.41) is 13.8. The molecule has 9 heteroatoms. The maximum atomic E-state index is 12.9. The molecule has 1 amide bonds. The molecular formula is C49H92N2O6P+. The van der Waals surface area contributed by atoms with Gasteiger partial charge in [-0.25, -0.2) is 4.57 Å². The van der Waals surface area contributed by atoms with Crippen LogP contribution in [-0.2, 0) is 18.4 Å². The van der Waals surface area contributed by atoms with Gasteiger partial charge in [0.15, 0.2) is 0 Å². The van der Waals surface area contributed by atoms with Crippen LogP contribution in [0.15, 0.2) is 60.8 Å². The number of aliphatic hydroxyl groups is 1. The summed E-state index contributed by atoms with van der Waals surface area (Å²) in [5.41, 5.74) is 0. The van der Waals surface area contributed by atoms with Crippen molar-refractivity contribution >= 4 is 13.7 Å². The summed E-state index contributed by atoms with van der Waals surface area (Å²) >= 11 is 0. The second-order valence-electron chi connectivity index (χ2n) is 17.1. The highest BCUT2D eigenvalue weighted by molar-refractivity contribution is 7.47. The number of hydrogen-bond acceptors (Lipinski definition) is 5. The van der Waals surface area contributed by atoms with Gasteiger partial charge >= 0.3 is 7.82 Å². The molecule has 0 rings (SSSR count). The van der Waals surface area contributed by atoms with Crippen LogP contribution in [0.1, 0.15) is 194 Å². The first kappa shape index (κ1) is 56.2. The number of rotatable bonds is 42. The number of quaternary nitrogens is 1. The SMILES string of the molecule is CCCCC/C=C/CC/C=C/CC/C=C/C(O)C(COP(=O)(O)OCC[N+](C)(C)C)NC(=O)CCCCCCCCC/C=C\C/C=C\CCCCCCCCCCC. The lowest BCUT2D eigenvalue weighted by molar-refractivity contribution is -0.870. The van der Waals surface area contributed by atoms with E-state index in [1.807, 2.05) is 27.2 Å². The minimum absolute atomic E-state index is 0.0495. The van der Waals surface area contributed by atoms with Crippen molar-refractivity contribution in [2.45, 2.75) is 206 Å². The summed E-state index contributed by atoms with van der Waals surface area (Å²) in [6.45, 7) is 4.73. The summed E-state index contributed by atoms with van der Waals surface area (Å²) in [7, 11) is 1.53. The molecule has 0 fully saturated rings. The van der Waals surface area contributed by atoms with Gasteiger partial charge in [0.25, 0.3) is 0 Å². The van der Waals surface area contributed by atoms with Crippen molar-refractivity contribution in [3.63, 3.8) is 0 Å². The first-order chi connectivity index (χ1) is 28.0. The molecule has 0 aliphatic heterocycles. The van der Waals surface area contributed by atoms with Crippen molar-refractivity contribution in [2.75, 3.05) is 40.9 Å². The van der Waals surface area contributed by atoms with E-state index in [-0.39, 0.29) is 19.1 Å². The zero-order valence-corrected chi connectivity index (χ0v) is 39.2. The van der Waals surface area contributed by atoms with Gasteiger partial charge < -0.3 is 19.8 Å². The molecule has 0 bridgehead atoms. The smallest absolute Gasteiger partial charge is 0.387 e. The summed E-state index contributed by atoms with van der Waals surface area (Å²) in [4.78, 5) is 23.1. The Labute approximate surface area is 358 Å². The average Bonchev–Trinajstić information content (AvgIpc) is 3.17. The maximum absolute atomic E-state index is 12.9. The summed E-state index contributed by atoms with van der Waals surface area (Å²) in [6, 6.07) is -0.875. The molecule has 0 aromatic heterocycles. The van der Waals surface area contributed by atoms with Crippen LogP contribution in [0.2, 0.25) is 0 Å². The van der Waals surface area contributed by atoms with E-state index in [2.05, 4.69) is 67.8 Å². The number of unbranched alkanes of at least 4 members (excludes halogenated alkanes) is 21. The fraction of sp³-hybridized carbons (Fsp3) is 0.776. The van der Waals surface area contributed by atoms with Gasteiger partial charge in [-0.2, -0.15) is 0 Å². The number of phosphoric ester groups is 1. The Bertz CT molecular complexity index is 1130. The third-order valence-corrected chi connectivity index (χ3v) is 11.2. The van der Waals surface area contributed by atoms with Gasteiger partial charge in [0.1, 0.15) is 13.2 Å². The van der Waals surface area contributed by atoms with E-state index < -0.39 is 20.0 Å². The Morgan fingerprint density at radius 1 is 0.586 bits per heavy atom. The van der Waals surface area contributed by atoms with Crippen molar-refractivity contribution < 1.29 is 32.9 Å². The molecule has 0 radical (unpaired) electrons. The number of likely N-dealkylation sites (N-methyl/N-ethyl adjacent to an activating group) is 1. The molecule has 58 heavy (non-hydrogen) atoms. The fourth-order valence-corrected chi connectivity index (χ4v) is 7.13. The van der Waals surface area contributed by atoms with Crippen LogP contribution >= 0.6 is 7.82 Å². The Kier molecular flexibility index (Phi) is 39.3. The predicted molar refractivity (Wildman–Crippen MR) is 249 cm³/mol.